The molecule has 2 aromatic carbocycles. The highest BCUT2D eigenvalue weighted by molar-refractivity contribution is 6.32. The molecule has 3 rings (SSSR count). The van der Waals surface area contributed by atoms with Crippen molar-refractivity contribution in [1.82, 2.24) is 15.4 Å². The number of carbonyl (C=O) groups excluding carboxylic acids is 1. The van der Waals surface area contributed by atoms with Gasteiger partial charge in [-0.25, -0.2) is 14.6 Å². The summed E-state index contributed by atoms with van der Waals surface area (Å²) in [6, 6.07) is 11.9. The molecule has 0 fully saturated rings. The summed E-state index contributed by atoms with van der Waals surface area (Å²) in [7, 11) is 0. The largest absolute Gasteiger partial charge is 0.492 e. The van der Waals surface area contributed by atoms with Gasteiger partial charge in [0.2, 0.25) is 0 Å². The lowest BCUT2D eigenvalue weighted by molar-refractivity contribution is 0.0949. The number of hydrazone groups is 1. The summed E-state index contributed by atoms with van der Waals surface area (Å²) >= 11 is 6.16. The lowest BCUT2D eigenvalue weighted by atomic mass is 10.1. The van der Waals surface area contributed by atoms with Crippen LogP contribution >= 0.6 is 11.6 Å². The smallest absolute Gasteiger partial charge is 0.346 e. The molecule has 9 heteroatoms. The van der Waals surface area contributed by atoms with Crippen molar-refractivity contribution < 1.29 is 13.9 Å². The highest BCUT2D eigenvalue weighted by atomic mass is 35.5. The first-order chi connectivity index (χ1) is 14.5. The fraction of sp³-hybridized carbons (Fsp3) is 0.143. The molecule has 0 aliphatic heterocycles. The summed E-state index contributed by atoms with van der Waals surface area (Å²) in [5.74, 6) is -0.480. The molecule has 0 aliphatic rings. The SMILES string of the molecule is CCCOc1ccc(/C=N/NC(=O)c2cc(-c3ccc(F)cc3)nc(=O)[nH]2)cc1Cl. The molecule has 1 aromatic heterocycles. The number of H-pyrrole nitrogens is 1. The fourth-order valence-electron chi connectivity index (χ4n) is 2.50. The molecular weight excluding hydrogens is 411 g/mol. The van der Waals surface area contributed by atoms with Crippen LogP contribution in [0.15, 0.2) is 58.4 Å². The third kappa shape index (κ3) is 5.51. The van der Waals surface area contributed by atoms with Crippen LogP contribution in [0.5, 0.6) is 5.75 Å². The van der Waals surface area contributed by atoms with Crippen LogP contribution in [0.2, 0.25) is 5.02 Å². The summed E-state index contributed by atoms with van der Waals surface area (Å²) in [5.41, 5.74) is 2.98. The molecule has 2 N–H and O–H groups in total. The van der Waals surface area contributed by atoms with Gasteiger partial charge in [0.15, 0.2) is 0 Å². The van der Waals surface area contributed by atoms with E-state index in [9.17, 15) is 14.0 Å². The van der Waals surface area contributed by atoms with Crippen LogP contribution in [0.25, 0.3) is 11.3 Å². The number of aromatic nitrogens is 2. The Balaban J connectivity index is 1.71. The fourth-order valence-corrected chi connectivity index (χ4v) is 2.74. The summed E-state index contributed by atoms with van der Waals surface area (Å²) in [6.07, 6.45) is 2.28. The molecule has 0 bridgehead atoms. The van der Waals surface area contributed by atoms with E-state index in [0.717, 1.165) is 6.42 Å². The Morgan fingerprint density at radius 1 is 1.27 bits per heavy atom. The van der Waals surface area contributed by atoms with Crippen LogP contribution in [0.3, 0.4) is 0 Å². The van der Waals surface area contributed by atoms with E-state index in [1.807, 2.05) is 6.92 Å². The van der Waals surface area contributed by atoms with Crippen molar-refractivity contribution >= 4 is 23.7 Å². The van der Waals surface area contributed by atoms with Gasteiger partial charge in [-0.3, -0.25) is 4.79 Å². The number of ether oxygens (including phenoxy) is 1. The lowest BCUT2D eigenvalue weighted by Crippen LogP contribution is -2.24. The van der Waals surface area contributed by atoms with Crippen molar-refractivity contribution in [1.29, 1.82) is 0 Å². The molecule has 1 heterocycles. The molecule has 0 aliphatic carbocycles. The first-order valence-corrected chi connectivity index (χ1v) is 9.47. The second-order valence-electron chi connectivity index (χ2n) is 6.23. The highest BCUT2D eigenvalue weighted by Gasteiger charge is 2.10. The average molecular weight is 429 g/mol. The van der Waals surface area contributed by atoms with Crippen LogP contribution in [0, 0.1) is 5.82 Å². The van der Waals surface area contributed by atoms with Gasteiger partial charge in [0.05, 0.1) is 23.5 Å². The number of benzene rings is 2. The number of amides is 1. The van der Waals surface area contributed by atoms with Gasteiger partial charge in [-0.05, 0) is 60.5 Å². The van der Waals surface area contributed by atoms with Gasteiger partial charge in [0.25, 0.3) is 5.91 Å². The van der Waals surface area contributed by atoms with E-state index in [2.05, 4.69) is 20.5 Å². The van der Waals surface area contributed by atoms with Gasteiger partial charge in [-0.1, -0.05) is 18.5 Å². The molecule has 30 heavy (non-hydrogen) atoms. The van der Waals surface area contributed by atoms with Crippen molar-refractivity contribution in [3.8, 4) is 17.0 Å². The van der Waals surface area contributed by atoms with Crippen molar-refractivity contribution in [3.05, 3.63) is 81.1 Å². The second-order valence-corrected chi connectivity index (χ2v) is 6.64. The van der Waals surface area contributed by atoms with E-state index in [1.165, 1.54) is 36.5 Å². The topological polar surface area (TPSA) is 96.4 Å². The van der Waals surface area contributed by atoms with Crippen LogP contribution in [0.1, 0.15) is 29.4 Å². The van der Waals surface area contributed by atoms with Crippen LogP contribution in [-0.2, 0) is 0 Å². The van der Waals surface area contributed by atoms with Gasteiger partial charge in [-0.15, -0.1) is 0 Å². The first-order valence-electron chi connectivity index (χ1n) is 9.09. The zero-order chi connectivity index (χ0) is 21.5. The van der Waals surface area contributed by atoms with E-state index in [-0.39, 0.29) is 11.4 Å². The number of nitrogens with one attached hydrogen (secondary N) is 2. The van der Waals surface area contributed by atoms with Crippen LogP contribution < -0.4 is 15.9 Å². The molecule has 1 amide bonds. The predicted octanol–water partition coefficient (Wildman–Crippen LogP) is 3.78. The van der Waals surface area contributed by atoms with Crippen molar-refractivity contribution in [3.63, 3.8) is 0 Å². The molecule has 0 atom stereocenters. The Morgan fingerprint density at radius 2 is 2.03 bits per heavy atom. The molecule has 7 nitrogen and oxygen atoms in total. The Morgan fingerprint density at radius 3 is 2.73 bits per heavy atom. The summed E-state index contributed by atoms with van der Waals surface area (Å²) in [4.78, 5) is 30.3. The molecule has 3 aromatic rings. The maximum Gasteiger partial charge on any atom is 0.346 e. The number of carbonyl (C=O) groups is 1. The minimum Gasteiger partial charge on any atom is -0.492 e. The Kier molecular flexibility index (Phi) is 6.92. The standard InChI is InChI=1S/C21H18ClFN4O3/c1-2-9-30-19-8-3-13(10-16(19)22)12-24-27-20(28)18-11-17(25-21(29)26-18)14-4-6-15(23)7-5-14/h3-8,10-12H,2,9H2,1H3,(H,27,28)(H,25,26,29)/b24-12+. The van der Waals surface area contributed by atoms with E-state index < -0.39 is 17.4 Å². The van der Waals surface area contributed by atoms with Gasteiger partial charge in [0.1, 0.15) is 17.3 Å². The van der Waals surface area contributed by atoms with E-state index in [1.54, 1.807) is 18.2 Å². The Hall–Kier alpha value is -3.52. The maximum atomic E-state index is 13.1. The second kappa shape index (κ2) is 9.80. The number of rotatable bonds is 7. The molecule has 154 valence electrons. The monoisotopic (exact) mass is 428 g/mol. The minimum absolute atomic E-state index is 0.0344. The first kappa shape index (κ1) is 21.2. The van der Waals surface area contributed by atoms with Gasteiger partial charge >= 0.3 is 5.69 Å². The molecule has 0 unspecified atom stereocenters. The lowest BCUT2D eigenvalue weighted by Gasteiger charge is -2.07. The molecule has 0 spiro atoms. The summed E-state index contributed by atoms with van der Waals surface area (Å²) < 4.78 is 18.6. The zero-order valence-electron chi connectivity index (χ0n) is 16.0. The number of hydrogen-bond acceptors (Lipinski definition) is 5. The normalized spacial score (nSPS) is 10.9. The molecule has 0 radical (unpaired) electrons. The molecule has 0 saturated carbocycles. The van der Waals surface area contributed by atoms with Crippen LogP contribution in [0.4, 0.5) is 4.39 Å². The predicted molar refractivity (Wildman–Crippen MR) is 113 cm³/mol. The zero-order valence-corrected chi connectivity index (χ0v) is 16.7. The third-order valence-corrected chi connectivity index (χ3v) is 4.22. The van der Waals surface area contributed by atoms with E-state index in [4.69, 9.17) is 16.3 Å². The Bertz CT molecular complexity index is 1130. The van der Waals surface area contributed by atoms with E-state index >= 15 is 0 Å². The minimum atomic E-state index is -0.708. The van der Waals surface area contributed by atoms with Gasteiger partial charge in [0, 0.05) is 5.56 Å². The number of hydrogen-bond donors (Lipinski definition) is 2. The van der Waals surface area contributed by atoms with Crippen molar-refractivity contribution in [2.45, 2.75) is 13.3 Å². The van der Waals surface area contributed by atoms with Crippen molar-refractivity contribution in [2.75, 3.05) is 6.61 Å². The molecular formula is C21H18ClFN4O3. The van der Waals surface area contributed by atoms with Gasteiger partial charge in [-0.2, -0.15) is 10.1 Å². The Labute approximate surface area is 176 Å². The average Bonchev–Trinajstić information content (AvgIpc) is 2.73. The van der Waals surface area contributed by atoms with Crippen molar-refractivity contribution in [2.24, 2.45) is 5.10 Å². The number of aromatic amines is 1. The number of halogens is 2. The van der Waals surface area contributed by atoms with Crippen LogP contribution in [-0.4, -0.2) is 28.7 Å². The highest BCUT2D eigenvalue weighted by Crippen LogP contribution is 2.25. The number of nitrogens with zero attached hydrogens (tertiary/aromatic N) is 2. The maximum absolute atomic E-state index is 13.1. The third-order valence-electron chi connectivity index (χ3n) is 3.93. The summed E-state index contributed by atoms with van der Waals surface area (Å²) in [5, 5.41) is 4.31. The molecule has 0 saturated heterocycles. The quantitative estimate of drug-likeness (QED) is 0.442. The van der Waals surface area contributed by atoms with E-state index in [0.29, 0.717) is 28.5 Å². The van der Waals surface area contributed by atoms with Gasteiger partial charge < -0.3 is 9.72 Å². The summed E-state index contributed by atoms with van der Waals surface area (Å²) in [6.45, 7) is 2.56.